The van der Waals surface area contributed by atoms with E-state index in [9.17, 15) is 15.4 Å². The predicted octanol–water partition coefficient (Wildman–Crippen LogP) is 4.89. The van der Waals surface area contributed by atoms with Crippen LogP contribution in [0.4, 0.5) is 11.5 Å². The lowest BCUT2D eigenvalue weighted by atomic mass is 10.1. The molecule has 7 heteroatoms. The Bertz CT molecular complexity index is 1110. The van der Waals surface area contributed by atoms with Crippen molar-refractivity contribution in [2.75, 3.05) is 5.32 Å². The van der Waals surface area contributed by atoms with Crippen LogP contribution >= 0.6 is 0 Å². The zero-order valence-electron chi connectivity index (χ0n) is 17.0. The standard InChI is InChI=1S/C22H23N5O2/c1-5-26-16(4)11-19(12-23)21(26)18-8-6-17(7-9-18)13-24-22-20(27(28)29)14(2)10-15(3)25-22/h6-11H,5,13H2,1-4H3,(H,24,25). The predicted molar refractivity (Wildman–Crippen MR) is 113 cm³/mol. The Morgan fingerprint density at radius 3 is 2.48 bits per heavy atom. The third kappa shape index (κ3) is 3.97. The molecule has 29 heavy (non-hydrogen) atoms. The van der Waals surface area contributed by atoms with Crippen LogP contribution < -0.4 is 5.32 Å². The van der Waals surface area contributed by atoms with E-state index in [-0.39, 0.29) is 11.5 Å². The monoisotopic (exact) mass is 389 g/mol. The van der Waals surface area contributed by atoms with Gasteiger partial charge in [0.15, 0.2) is 0 Å². The van der Waals surface area contributed by atoms with Crippen LogP contribution in [0.3, 0.4) is 0 Å². The minimum atomic E-state index is -0.405. The Balaban J connectivity index is 1.85. The molecule has 0 aliphatic heterocycles. The first-order valence-corrected chi connectivity index (χ1v) is 9.41. The number of rotatable bonds is 6. The highest BCUT2D eigenvalue weighted by Gasteiger charge is 2.19. The van der Waals surface area contributed by atoms with Crippen molar-refractivity contribution in [1.82, 2.24) is 9.55 Å². The van der Waals surface area contributed by atoms with Crippen molar-refractivity contribution >= 4 is 11.5 Å². The molecule has 3 aromatic rings. The van der Waals surface area contributed by atoms with E-state index in [1.54, 1.807) is 13.0 Å². The lowest BCUT2D eigenvalue weighted by Crippen LogP contribution is -2.07. The molecule has 1 N–H and O–H groups in total. The largest absolute Gasteiger partial charge is 0.360 e. The van der Waals surface area contributed by atoms with Gasteiger partial charge in [0, 0.05) is 30.0 Å². The van der Waals surface area contributed by atoms with E-state index >= 15 is 0 Å². The zero-order valence-corrected chi connectivity index (χ0v) is 17.0. The maximum atomic E-state index is 11.4. The van der Waals surface area contributed by atoms with Crippen LogP contribution in [-0.4, -0.2) is 14.5 Å². The number of aromatic nitrogens is 2. The van der Waals surface area contributed by atoms with Gasteiger partial charge in [0.05, 0.1) is 16.2 Å². The van der Waals surface area contributed by atoms with Crippen LogP contribution in [-0.2, 0) is 13.1 Å². The Labute approximate surface area is 169 Å². The summed E-state index contributed by atoms with van der Waals surface area (Å²) in [5.41, 5.74) is 5.87. The molecule has 3 rings (SSSR count). The average Bonchev–Trinajstić information content (AvgIpc) is 3.01. The van der Waals surface area contributed by atoms with Crippen molar-refractivity contribution in [2.24, 2.45) is 0 Å². The van der Waals surface area contributed by atoms with E-state index in [0.29, 0.717) is 17.7 Å². The summed E-state index contributed by atoms with van der Waals surface area (Å²) in [6, 6.07) is 13.7. The maximum absolute atomic E-state index is 11.4. The van der Waals surface area contributed by atoms with Gasteiger partial charge in [-0.05, 0) is 51.0 Å². The van der Waals surface area contributed by atoms with Gasteiger partial charge in [-0.1, -0.05) is 24.3 Å². The van der Waals surface area contributed by atoms with Gasteiger partial charge in [0.25, 0.3) is 0 Å². The van der Waals surface area contributed by atoms with Gasteiger partial charge < -0.3 is 9.88 Å². The van der Waals surface area contributed by atoms with Crippen molar-refractivity contribution in [1.29, 1.82) is 5.26 Å². The summed E-state index contributed by atoms with van der Waals surface area (Å²) in [6.45, 7) is 8.78. The second-order valence-electron chi connectivity index (χ2n) is 6.99. The van der Waals surface area contributed by atoms with Crippen molar-refractivity contribution in [3.63, 3.8) is 0 Å². The fourth-order valence-corrected chi connectivity index (χ4v) is 3.63. The number of aryl methyl sites for hydroxylation is 3. The van der Waals surface area contributed by atoms with Crippen molar-refractivity contribution in [3.8, 4) is 17.3 Å². The minimum Gasteiger partial charge on any atom is -0.360 e. The number of benzene rings is 1. The molecule has 0 saturated carbocycles. The molecule has 0 spiro atoms. The van der Waals surface area contributed by atoms with Gasteiger partial charge in [0.1, 0.15) is 6.07 Å². The highest BCUT2D eigenvalue weighted by atomic mass is 16.6. The summed E-state index contributed by atoms with van der Waals surface area (Å²) < 4.78 is 2.12. The summed E-state index contributed by atoms with van der Waals surface area (Å²) in [5, 5.41) is 23.9. The number of pyridine rings is 1. The van der Waals surface area contributed by atoms with Crippen LogP contribution in [0.2, 0.25) is 0 Å². The SMILES string of the molecule is CCn1c(C)cc(C#N)c1-c1ccc(CNc2nc(C)cc(C)c2[N+](=O)[O-])cc1. The second-order valence-corrected chi connectivity index (χ2v) is 6.99. The first-order valence-electron chi connectivity index (χ1n) is 9.41. The fraction of sp³-hybridized carbons (Fsp3) is 0.273. The van der Waals surface area contributed by atoms with Crippen molar-refractivity contribution in [3.05, 3.63) is 74.6 Å². The summed E-state index contributed by atoms with van der Waals surface area (Å²) >= 11 is 0. The molecule has 1 aromatic carbocycles. The Morgan fingerprint density at radius 2 is 1.90 bits per heavy atom. The minimum absolute atomic E-state index is 0.00197. The van der Waals surface area contributed by atoms with Crippen molar-refractivity contribution < 1.29 is 4.92 Å². The molecule has 0 bridgehead atoms. The second kappa shape index (κ2) is 8.15. The molecule has 0 radical (unpaired) electrons. The molecule has 148 valence electrons. The lowest BCUT2D eigenvalue weighted by Gasteiger charge is -2.11. The van der Waals surface area contributed by atoms with E-state index in [2.05, 4.69) is 27.9 Å². The summed E-state index contributed by atoms with van der Waals surface area (Å²) in [7, 11) is 0. The van der Waals surface area contributed by atoms with Gasteiger partial charge in [0.2, 0.25) is 5.82 Å². The third-order valence-corrected chi connectivity index (χ3v) is 4.92. The molecular formula is C22H23N5O2. The normalized spacial score (nSPS) is 10.6. The first kappa shape index (κ1) is 20.1. The maximum Gasteiger partial charge on any atom is 0.314 e. The van der Waals surface area contributed by atoms with Crippen LogP contribution in [0, 0.1) is 42.2 Å². The number of nitrogens with zero attached hydrogens (tertiary/aromatic N) is 4. The molecule has 0 amide bonds. The van der Waals surface area contributed by atoms with Gasteiger partial charge in [-0.25, -0.2) is 4.98 Å². The first-order chi connectivity index (χ1) is 13.8. The van der Waals surface area contributed by atoms with Gasteiger partial charge >= 0.3 is 5.69 Å². The quantitative estimate of drug-likeness (QED) is 0.478. The summed E-state index contributed by atoms with van der Waals surface area (Å²) in [5.74, 6) is 0.277. The van der Waals surface area contributed by atoms with E-state index < -0.39 is 4.92 Å². The Hall–Kier alpha value is -3.66. The number of hydrogen-bond donors (Lipinski definition) is 1. The van der Waals surface area contributed by atoms with Crippen LogP contribution in [0.25, 0.3) is 11.3 Å². The molecule has 0 fully saturated rings. The highest BCUT2D eigenvalue weighted by Crippen LogP contribution is 2.29. The number of hydrogen-bond acceptors (Lipinski definition) is 5. The Morgan fingerprint density at radius 1 is 1.21 bits per heavy atom. The molecule has 0 unspecified atom stereocenters. The van der Waals surface area contributed by atoms with Crippen LogP contribution in [0.1, 0.15) is 35.0 Å². The summed E-state index contributed by atoms with van der Waals surface area (Å²) in [4.78, 5) is 15.3. The highest BCUT2D eigenvalue weighted by molar-refractivity contribution is 5.69. The number of anilines is 1. The molecule has 2 heterocycles. The smallest absolute Gasteiger partial charge is 0.314 e. The van der Waals surface area contributed by atoms with Gasteiger partial charge in [-0.15, -0.1) is 0 Å². The molecule has 2 aromatic heterocycles. The molecular weight excluding hydrogens is 366 g/mol. The third-order valence-electron chi connectivity index (χ3n) is 4.92. The molecule has 7 nitrogen and oxygen atoms in total. The van der Waals surface area contributed by atoms with Crippen LogP contribution in [0.15, 0.2) is 36.4 Å². The van der Waals surface area contributed by atoms with Gasteiger partial charge in [-0.3, -0.25) is 10.1 Å². The molecule has 0 aliphatic carbocycles. The topological polar surface area (TPSA) is 96.8 Å². The van der Waals surface area contributed by atoms with E-state index in [4.69, 9.17) is 0 Å². The number of nitro groups is 1. The van der Waals surface area contributed by atoms with Crippen molar-refractivity contribution in [2.45, 2.75) is 40.8 Å². The van der Waals surface area contributed by atoms with Crippen LogP contribution in [0.5, 0.6) is 0 Å². The zero-order chi connectivity index (χ0) is 21.1. The molecule has 0 aliphatic rings. The number of nitrogens with one attached hydrogen (secondary N) is 1. The summed E-state index contributed by atoms with van der Waals surface area (Å²) in [6.07, 6.45) is 0. The number of nitriles is 1. The molecule has 0 saturated heterocycles. The van der Waals surface area contributed by atoms with E-state index in [1.165, 1.54) is 0 Å². The fourth-order valence-electron chi connectivity index (χ4n) is 3.63. The molecule has 0 atom stereocenters. The van der Waals surface area contributed by atoms with E-state index in [0.717, 1.165) is 34.8 Å². The average molecular weight is 389 g/mol. The van der Waals surface area contributed by atoms with Gasteiger partial charge in [-0.2, -0.15) is 5.26 Å². The Kier molecular flexibility index (Phi) is 5.64. The van der Waals surface area contributed by atoms with E-state index in [1.807, 2.05) is 44.2 Å². The lowest BCUT2D eigenvalue weighted by molar-refractivity contribution is -0.384.